The first-order chi connectivity index (χ1) is 20.7. The number of anilines is 1. The molecule has 3 aliphatic rings. The van der Waals surface area contributed by atoms with Crippen LogP contribution in [0.4, 0.5) is 5.82 Å². The van der Waals surface area contributed by atoms with Crippen LogP contribution in [-0.4, -0.2) is 112 Å². The highest BCUT2D eigenvalue weighted by molar-refractivity contribution is 7.61. The lowest BCUT2D eigenvalue weighted by molar-refractivity contribution is -0.745. The van der Waals surface area contributed by atoms with Crippen molar-refractivity contribution in [1.29, 1.82) is 0 Å². The molecule has 0 spiro atoms. The number of imidazole rings is 1. The quantitative estimate of drug-likeness (QED) is 0.0833. The second kappa shape index (κ2) is 12.5. The third-order valence-electron chi connectivity index (χ3n) is 6.96. The monoisotopic (exact) mass is 666 g/mol. The topological polar surface area (TPSA) is 319 Å². The van der Waals surface area contributed by atoms with Crippen molar-refractivity contribution in [2.24, 2.45) is 11.7 Å². The van der Waals surface area contributed by atoms with Gasteiger partial charge in [-0.05, 0) is 0 Å². The molecule has 0 aliphatic carbocycles. The number of phosphoric acid groups is 2. The summed E-state index contributed by atoms with van der Waals surface area (Å²) in [4.78, 5) is 43.3. The predicted molar refractivity (Wildman–Crippen MR) is 141 cm³/mol. The minimum Gasteiger partial charge on any atom is -0.387 e. The predicted octanol–water partition coefficient (Wildman–Crippen LogP) is -3.41. The highest BCUT2D eigenvalue weighted by Gasteiger charge is 2.49. The van der Waals surface area contributed by atoms with Gasteiger partial charge in [-0.3, -0.25) is 18.8 Å². The maximum atomic E-state index is 12.4. The van der Waals surface area contributed by atoms with Gasteiger partial charge in [-0.25, -0.2) is 13.7 Å². The lowest BCUT2D eigenvalue weighted by Crippen LogP contribution is -2.45. The number of nitrogens with zero attached hydrogens (tertiary/aromatic N) is 4. The van der Waals surface area contributed by atoms with E-state index in [2.05, 4.69) is 19.3 Å². The number of amides is 1. The molecule has 2 aromatic heterocycles. The summed E-state index contributed by atoms with van der Waals surface area (Å²) < 4.78 is 50.9. The molecule has 2 aromatic rings. The van der Waals surface area contributed by atoms with Crippen molar-refractivity contribution in [3.05, 3.63) is 37.2 Å². The summed E-state index contributed by atoms with van der Waals surface area (Å²) in [6.45, 7) is -1.75. The number of H-pyrrole nitrogens is 1. The SMILES string of the molecule is NC(=O)C1C=CN([C@@H]2O[C@H](COP(=O)(O)OP(=O)(O)OC[C@H]3O[C@@H]([n+]4c[nH]c5c(N)ncnc54)[C@H](O)[C@@H]3O)[C@H](O)[C@@H]2O)C=C1. The number of aliphatic hydroxyl groups is 4. The molecule has 10 atom stereocenters. The van der Waals surface area contributed by atoms with Crippen LogP contribution in [0.3, 0.4) is 0 Å². The maximum absolute atomic E-state index is 12.4. The van der Waals surface area contributed by atoms with Crippen LogP contribution in [0.15, 0.2) is 37.2 Å². The zero-order valence-electron chi connectivity index (χ0n) is 22.4. The van der Waals surface area contributed by atoms with Crippen molar-refractivity contribution in [1.82, 2.24) is 19.9 Å². The number of ether oxygens (including phenoxy) is 2. The Morgan fingerprint density at radius 1 is 0.977 bits per heavy atom. The maximum Gasteiger partial charge on any atom is 0.481 e. The Morgan fingerprint density at radius 3 is 2.18 bits per heavy atom. The van der Waals surface area contributed by atoms with Gasteiger partial charge in [0.2, 0.25) is 17.7 Å². The van der Waals surface area contributed by atoms with E-state index in [0.29, 0.717) is 5.52 Å². The van der Waals surface area contributed by atoms with E-state index in [-0.39, 0.29) is 11.5 Å². The summed E-state index contributed by atoms with van der Waals surface area (Å²) in [6, 6.07) is 0. The molecule has 11 N–H and O–H groups in total. The smallest absolute Gasteiger partial charge is 0.387 e. The molecule has 1 amide bonds. The molecule has 3 aliphatic heterocycles. The minimum atomic E-state index is -5.35. The molecule has 0 saturated carbocycles. The Bertz CT molecular complexity index is 1530. The second-order valence-corrected chi connectivity index (χ2v) is 12.9. The summed E-state index contributed by atoms with van der Waals surface area (Å²) in [5.74, 6) is -1.19. The second-order valence-electron chi connectivity index (χ2n) is 9.90. The van der Waals surface area contributed by atoms with E-state index in [0.717, 1.165) is 0 Å². The van der Waals surface area contributed by atoms with E-state index >= 15 is 0 Å². The van der Waals surface area contributed by atoms with E-state index in [4.69, 9.17) is 30.0 Å². The minimum absolute atomic E-state index is 0.108. The first-order valence-electron chi connectivity index (χ1n) is 12.8. The lowest BCUT2D eigenvalue weighted by atomic mass is 10.1. The summed E-state index contributed by atoms with van der Waals surface area (Å²) in [5, 5.41) is 41.6. The molecule has 242 valence electrons. The number of aromatic nitrogens is 4. The van der Waals surface area contributed by atoms with E-state index in [1.807, 2.05) is 0 Å². The molecule has 5 rings (SSSR count). The lowest BCUT2D eigenvalue weighted by Gasteiger charge is -2.28. The zero-order chi connectivity index (χ0) is 32.0. The number of carbonyl (C=O) groups excluding carboxylic acids is 1. The molecule has 0 bridgehead atoms. The normalized spacial score (nSPS) is 33.5. The van der Waals surface area contributed by atoms with Crippen molar-refractivity contribution in [2.75, 3.05) is 18.9 Å². The summed E-state index contributed by atoms with van der Waals surface area (Å²) in [6.07, 6.45) is -3.45. The number of aromatic amines is 1. The number of hydrogen-bond donors (Lipinski definition) is 9. The number of fused-ring (bicyclic) bond motifs is 1. The van der Waals surface area contributed by atoms with Gasteiger partial charge in [-0.15, -0.1) is 0 Å². The van der Waals surface area contributed by atoms with E-state index in [9.17, 15) is 44.1 Å². The first kappa shape index (κ1) is 32.5. The van der Waals surface area contributed by atoms with Crippen LogP contribution in [0.5, 0.6) is 0 Å². The van der Waals surface area contributed by atoms with Crippen LogP contribution in [0.25, 0.3) is 11.2 Å². The summed E-state index contributed by atoms with van der Waals surface area (Å²) in [7, 11) is -10.7. The third kappa shape index (κ3) is 6.70. The standard InChI is InChI=1S/C21H29N7O14P2/c22-17-12-19(25-7-24-17)28(8-26-12)21-16(32)14(30)11(41-21)6-39-44(36,37)42-43(34,35)38-5-10-13(29)15(31)20(40-10)27-3-1-9(2-4-27)18(23)33/h1-4,7-11,13-16,20-21,29-32H,5-6H2,(H6,22,23,24,25,33,34,35,36,37)/p+1/t10-,11-,13+,14-,15+,16-,20-,21-/m1/s1. The third-order valence-corrected chi connectivity index (χ3v) is 9.56. The summed E-state index contributed by atoms with van der Waals surface area (Å²) in [5.41, 5.74) is 11.5. The number of primary amides is 1. The van der Waals surface area contributed by atoms with Crippen molar-refractivity contribution in [3.8, 4) is 0 Å². The fourth-order valence-electron chi connectivity index (χ4n) is 4.69. The van der Waals surface area contributed by atoms with Gasteiger partial charge in [0.05, 0.1) is 19.1 Å². The number of phosphoric ester groups is 2. The molecule has 21 nitrogen and oxygen atoms in total. The fraction of sp³-hybridized carbons (Fsp3) is 0.524. The molecule has 2 saturated heterocycles. The molecular weight excluding hydrogens is 636 g/mol. The van der Waals surface area contributed by atoms with Crippen LogP contribution in [0.2, 0.25) is 0 Å². The number of carbonyl (C=O) groups is 1. The van der Waals surface area contributed by atoms with Crippen molar-refractivity contribution >= 4 is 38.5 Å². The van der Waals surface area contributed by atoms with Gasteiger partial charge in [-0.1, -0.05) is 17.1 Å². The van der Waals surface area contributed by atoms with Gasteiger partial charge < -0.3 is 56.1 Å². The molecule has 23 heteroatoms. The van der Waals surface area contributed by atoms with Gasteiger partial charge in [0.25, 0.3) is 0 Å². The number of nitrogen functional groups attached to an aromatic ring is 1. The molecule has 5 heterocycles. The average Bonchev–Trinajstić information content (AvgIpc) is 3.61. The highest BCUT2D eigenvalue weighted by atomic mass is 31.3. The van der Waals surface area contributed by atoms with Crippen molar-refractivity contribution < 1.29 is 71.5 Å². The molecular formula is C21H30N7O14P2+. The largest absolute Gasteiger partial charge is 0.481 e. The van der Waals surface area contributed by atoms with Gasteiger partial charge in [0.15, 0.2) is 24.7 Å². The Balaban J connectivity index is 1.13. The molecule has 0 radical (unpaired) electrons. The average molecular weight is 666 g/mol. The number of nitrogens with two attached hydrogens (primary N) is 2. The Morgan fingerprint density at radius 2 is 1.57 bits per heavy atom. The highest BCUT2D eigenvalue weighted by Crippen LogP contribution is 2.60. The van der Waals surface area contributed by atoms with Crippen LogP contribution < -0.4 is 16.0 Å². The van der Waals surface area contributed by atoms with Crippen molar-refractivity contribution in [3.63, 3.8) is 0 Å². The zero-order valence-corrected chi connectivity index (χ0v) is 24.2. The molecule has 2 fully saturated rings. The van der Waals surface area contributed by atoms with Gasteiger partial charge in [0, 0.05) is 12.4 Å². The number of rotatable bonds is 11. The Kier molecular flexibility index (Phi) is 9.23. The first-order valence-corrected chi connectivity index (χ1v) is 15.8. The van der Waals surface area contributed by atoms with E-state index in [1.54, 1.807) is 0 Å². The van der Waals surface area contributed by atoms with Gasteiger partial charge in [-0.2, -0.15) is 9.29 Å². The fourth-order valence-corrected chi connectivity index (χ4v) is 6.78. The van der Waals surface area contributed by atoms with E-state index < -0.39 is 89.8 Å². The number of hydrogen-bond acceptors (Lipinski definition) is 16. The number of aliphatic hydroxyl groups excluding tert-OH is 4. The molecule has 44 heavy (non-hydrogen) atoms. The van der Waals surface area contributed by atoms with Crippen LogP contribution in [0, 0.1) is 5.92 Å². The molecule has 0 aromatic carbocycles. The van der Waals surface area contributed by atoms with Crippen LogP contribution >= 0.6 is 15.6 Å². The van der Waals surface area contributed by atoms with Gasteiger partial charge >= 0.3 is 21.3 Å². The van der Waals surface area contributed by atoms with Crippen molar-refractivity contribution in [2.45, 2.75) is 49.1 Å². The van der Waals surface area contributed by atoms with Gasteiger partial charge in [0.1, 0.15) is 36.6 Å². The summed E-state index contributed by atoms with van der Waals surface area (Å²) >= 11 is 0. The Labute approximate surface area is 247 Å². The molecule has 2 unspecified atom stereocenters. The number of nitrogens with one attached hydrogen (secondary N) is 1. The Hall–Kier alpha value is -2.88. The van der Waals surface area contributed by atoms with Crippen LogP contribution in [0.1, 0.15) is 6.23 Å². The van der Waals surface area contributed by atoms with Crippen LogP contribution in [-0.2, 0) is 36.8 Å². The van der Waals surface area contributed by atoms with E-state index in [1.165, 1.54) is 46.7 Å².